The number of pyridine rings is 2. The number of hydrogen-bond acceptors (Lipinski definition) is 6. The van der Waals surface area contributed by atoms with Gasteiger partial charge in [-0.05, 0) is 48.4 Å². The largest absolute Gasteiger partial charge is 0.497 e. The predicted molar refractivity (Wildman–Crippen MR) is 130 cm³/mol. The molecular formula is C27H23N5O2. The van der Waals surface area contributed by atoms with Crippen molar-refractivity contribution >= 4 is 10.8 Å². The van der Waals surface area contributed by atoms with Gasteiger partial charge in [0.2, 0.25) is 11.7 Å². The maximum absolute atomic E-state index is 5.80. The highest BCUT2D eigenvalue weighted by Gasteiger charge is 2.22. The van der Waals surface area contributed by atoms with Crippen LogP contribution in [0.3, 0.4) is 0 Å². The maximum atomic E-state index is 5.80. The smallest absolute Gasteiger partial charge is 0.213 e. The highest BCUT2D eigenvalue weighted by atomic mass is 16.5. The van der Waals surface area contributed by atoms with Gasteiger partial charge in [-0.2, -0.15) is 0 Å². The molecule has 0 bridgehead atoms. The summed E-state index contributed by atoms with van der Waals surface area (Å²) in [5, 5.41) is 6.99. The van der Waals surface area contributed by atoms with Crippen molar-refractivity contribution in [3.8, 4) is 40.2 Å². The molecule has 0 atom stereocenters. The van der Waals surface area contributed by atoms with Crippen LogP contribution in [0, 0.1) is 5.92 Å². The number of benzene rings is 2. The van der Waals surface area contributed by atoms with E-state index in [1.54, 1.807) is 18.0 Å². The minimum Gasteiger partial charge on any atom is -0.497 e. The van der Waals surface area contributed by atoms with Crippen molar-refractivity contribution in [1.82, 2.24) is 24.7 Å². The summed E-state index contributed by atoms with van der Waals surface area (Å²) in [5.41, 5.74) is 2.38. The van der Waals surface area contributed by atoms with Gasteiger partial charge in [0, 0.05) is 35.5 Å². The first-order valence-electron chi connectivity index (χ1n) is 11.3. The van der Waals surface area contributed by atoms with E-state index in [0.717, 1.165) is 34.4 Å². The first kappa shape index (κ1) is 20.4. The standard InChI is InChI=1S/C27H23N5O2/c1-33-23-8-4-7-22(14-23)32-27(21-11-12-25(29-16-21)34-17-18-9-10-18)30-26(31-32)24-13-19-5-2-3-6-20(19)15-28-24/h2-8,11-16,18H,9-10,17H2,1H3. The molecule has 7 nitrogen and oxygen atoms in total. The van der Waals surface area contributed by atoms with Gasteiger partial charge in [0.15, 0.2) is 5.82 Å². The van der Waals surface area contributed by atoms with Gasteiger partial charge in [0.25, 0.3) is 0 Å². The summed E-state index contributed by atoms with van der Waals surface area (Å²) < 4.78 is 13.0. The molecule has 1 aliphatic carbocycles. The van der Waals surface area contributed by atoms with E-state index in [0.29, 0.717) is 29.1 Å². The number of fused-ring (bicyclic) bond motifs is 1. The summed E-state index contributed by atoms with van der Waals surface area (Å²) in [6, 6.07) is 21.7. The third-order valence-electron chi connectivity index (χ3n) is 5.92. The Balaban J connectivity index is 1.42. The first-order chi connectivity index (χ1) is 16.8. The molecule has 0 radical (unpaired) electrons. The molecular weight excluding hydrogens is 426 g/mol. The van der Waals surface area contributed by atoms with Gasteiger partial charge in [-0.1, -0.05) is 30.3 Å². The van der Waals surface area contributed by atoms with Gasteiger partial charge >= 0.3 is 0 Å². The molecule has 0 N–H and O–H groups in total. The lowest BCUT2D eigenvalue weighted by Gasteiger charge is -2.08. The van der Waals surface area contributed by atoms with Crippen LogP contribution in [0.2, 0.25) is 0 Å². The second kappa shape index (κ2) is 8.59. The first-order valence-corrected chi connectivity index (χ1v) is 11.3. The van der Waals surface area contributed by atoms with Gasteiger partial charge in [-0.3, -0.25) is 4.98 Å². The van der Waals surface area contributed by atoms with Gasteiger partial charge in [-0.25, -0.2) is 14.6 Å². The third kappa shape index (κ3) is 4.08. The number of ether oxygens (including phenoxy) is 2. The van der Waals surface area contributed by atoms with E-state index >= 15 is 0 Å². The van der Waals surface area contributed by atoms with Crippen LogP contribution in [0.4, 0.5) is 0 Å². The number of aromatic nitrogens is 5. The van der Waals surface area contributed by atoms with Crippen molar-refractivity contribution in [2.75, 3.05) is 13.7 Å². The second-order valence-electron chi connectivity index (χ2n) is 8.43. The summed E-state index contributed by atoms with van der Waals surface area (Å²) in [4.78, 5) is 14.0. The second-order valence-corrected chi connectivity index (χ2v) is 8.43. The van der Waals surface area contributed by atoms with Crippen molar-refractivity contribution in [3.63, 3.8) is 0 Å². The molecule has 0 aliphatic heterocycles. The molecule has 168 valence electrons. The normalized spacial score (nSPS) is 13.2. The minimum atomic E-state index is 0.539. The molecule has 2 aromatic carbocycles. The Kier molecular flexibility index (Phi) is 5.14. The number of nitrogens with zero attached hydrogens (tertiary/aromatic N) is 5. The molecule has 0 saturated heterocycles. The monoisotopic (exact) mass is 449 g/mol. The minimum absolute atomic E-state index is 0.539. The van der Waals surface area contributed by atoms with Crippen molar-refractivity contribution in [1.29, 1.82) is 0 Å². The highest BCUT2D eigenvalue weighted by molar-refractivity contribution is 5.84. The van der Waals surface area contributed by atoms with E-state index in [-0.39, 0.29) is 0 Å². The Morgan fingerprint density at radius 3 is 2.59 bits per heavy atom. The van der Waals surface area contributed by atoms with Crippen LogP contribution >= 0.6 is 0 Å². The van der Waals surface area contributed by atoms with Gasteiger partial charge in [0.1, 0.15) is 11.4 Å². The molecule has 5 aromatic rings. The lowest BCUT2D eigenvalue weighted by molar-refractivity contribution is 0.288. The molecule has 0 spiro atoms. The predicted octanol–water partition coefficient (Wildman–Crippen LogP) is 5.34. The molecule has 34 heavy (non-hydrogen) atoms. The van der Waals surface area contributed by atoms with Crippen molar-refractivity contribution < 1.29 is 9.47 Å². The Bertz CT molecular complexity index is 1460. The maximum Gasteiger partial charge on any atom is 0.213 e. The number of rotatable bonds is 7. The van der Waals surface area contributed by atoms with E-state index in [1.807, 2.05) is 66.9 Å². The average molecular weight is 450 g/mol. The van der Waals surface area contributed by atoms with Crippen LogP contribution in [-0.4, -0.2) is 38.4 Å². The zero-order valence-electron chi connectivity index (χ0n) is 18.8. The average Bonchev–Trinajstić information content (AvgIpc) is 3.63. The summed E-state index contributed by atoms with van der Waals surface area (Å²) >= 11 is 0. The van der Waals surface area contributed by atoms with Crippen molar-refractivity contribution in [3.05, 3.63) is 79.1 Å². The van der Waals surface area contributed by atoms with Crippen LogP contribution in [0.15, 0.2) is 79.1 Å². The molecule has 1 fully saturated rings. The topological polar surface area (TPSA) is 75.0 Å². The van der Waals surface area contributed by atoms with Crippen LogP contribution in [-0.2, 0) is 0 Å². The third-order valence-corrected chi connectivity index (χ3v) is 5.92. The Hall–Kier alpha value is -4.26. The van der Waals surface area contributed by atoms with E-state index in [1.165, 1.54) is 12.8 Å². The van der Waals surface area contributed by atoms with E-state index in [9.17, 15) is 0 Å². The van der Waals surface area contributed by atoms with Crippen LogP contribution in [0.1, 0.15) is 12.8 Å². The molecule has 7 heteroatoms. The van der Waals surface area contributed by atoms with Gasteiger partial charge in [0.05, 0.1) is 19.4 Å². The fourth-order valence-corrected chi connectivity index (χ4v) is 3.82. The zero-order chi connectivity index (χ0) is 22.9. The molecule has 1 saturated carbocycles. The van der Waals surface area contributed by atoms with Gasteiger partial charge < -0.3 is 9.47 Å². The molecule has 3 aromatic heterocycles. The van der Waals surface area contributed by atoms with E-state index in [4.69, 9.17) is 19.6 Å². The highest BCUT2D eigenvalue weighted by Crippen LogP contribution is 2.30. The number of methoxy groups -OCH3 is 1. The SMILES string of the molecule is COc1cccc(-n2nc(-c3cc4ccccc4cn3)nc2-c2ccc(OCC3CC3)nc2)c1. The summed E-state index contributed by atoms with van der Waals surface area (Å²) in [7, 11) is 1.65. The Morgan fingerprint density at radius 2 is 1.79 bits per heavy atom. The van der Waals surface area contributed by atoms with E-state index in [2.05, 4.69) is 16.0 Å². The Morgan fingerprint density at radius 1 is 0.912 bits per heavy atom. The van der Waals surface area contributed by atoms with E-state index < -0.39 is 0 Å². The number of hydrogen-bond donors (Lipinski definition) is 0. The molecule has 0 amide bonds. The van der Waals surface area contributed by atoms with Crippen LogP contribution in [0.5, 0.6) is 11.6 Å². The molecule has 3 heterocycles. The van der Waals surface area contributed by atoms with Crippen molar-refractivity contribution in [2.24, 2.45) is 5.92 Å². The molecule has 6 rings (SSSR count). The zero-order valence-corrected chi connectivity index (χ0v) is 18.8. The molecule has 1 aliphatic rings. The fourth-order valence-electron chi connectivity index (χ4n) is 3.82. The van der Waals surface area contributed by atoms with Crippen LogP contribution < -0.4 is 9.47 Å². The molecule has 0 unspecified atom stereocenters. The summed E-state index contributed by atoms with van der Waals surface area (Å²) in [6.07, 6.45) is 6.12. The summed E-state index contributed by atoms with van der Waals surface area (Å²) in [5.74, 6) is 3.25. The van der Waals surface area contributed by atoms with Crippen LogP contribution in [0.25, 0.3) is 39.4 Å². The summed E-state index contributed by atoms with van der Waals surface area (Å²) in [6.45, 7) is 0.726. The quantitative estimate of drug-likeness (QED) is 0.334. The Labute approximate surface area is 197 Å². The lowest BCUT2D eigenvalue weighted by Crippen LogP contribution is -2.02. The fraction of sp³-hybridized carbons (Fsp3) is 0.185. The van der Waals surface area contributed by atoms with Gasteiger partial charge in [-0.15, -0.1) is 5.10 Å². The lowest BCUT2D eigenvalue weighted by atomic mass is 10.1. The van der Waals surface area contributed by atoms with Crippen molar-refractivity contribution in [2.45, 2.75) is 12.8 Å².